The number of aliphatic carboxylic acids is 1. The van der Waals surface area contributed by atoms with E-state index in [4.69, 9.17) is 19.2 Å². The molecule has 22 nitrogen and oxygen atoms in total. The maximum atomic E-state index is 14.8. The molecule has 2 aromatic carbocycles. The van der Waals surface area contributed by atoms with Gasteiger partial charge in [-0.3, -0.25) is 62.5 Å². The molecule has 97 heavy (non-hydrogen) atoms. The van der Waals surface area contributed by atoms with Gasteiger partial charge >= 0.3 is 11.9 Å². The topological polar surface area (TPSA) is 294 Å². The molecular formula is C73H109N7O15S2. The summed E-state index contributed by atoms with van der Waals surface area (Å²) < 4.78 is 16.2. The first kappa shape index (κ1) is 82.7. The van der Waals surface area contributed by atoms with Crippen molar-refractivity contribution in [2.45, 2.75) is 201 Å². The van der Waals surface area contributed by atoms with Crippen LogP contribution < -0.4 is 16.0 Å². The summed E-state index contributed by atoms with van der Waals surface area (Å²) >= 11 is 2.45. The number of hydrogen-bond donors (Lipinski definition) is 4. The summed E-state index contributed by atoms with van der Waals surface area (Å²) in [5, 5.41) is 20.4. The van der Waals surface area contributed by atoms with Crippen molar-refractivity contribution in [3.8, 4) is 0 Å². The zero-order valence-electron chi connectivity index (χ0n) is 60.0. The van der Waals surface area contributed by atoms with E-state index in [1.165, 1.54) is 25.8 Å². The fraction of sp³-hybridized carbons (Fsp3) is 0.644. The van der Waals surface area contributed by atoms with E-state index in [-0.39, 0.29) is 129 Å². The second-order valence-corrected chi connectivity index (χ2v) is 29.0. The number of likely N-dealkylation sites (tertiary alicyclic amines) is 1. The van der Waals surface area contributed by atoms with Gasteiger partial charge in [-0.25, -0.2) is 4.98 Å². The number of amides is 6. The predicted octanol–water partition coefficient (Wildman–Crippen LogP) is 9.85. The number of likely N-dealkylation sites (N-methyl/N-ethyl adjacent to an activating group) is 1. The van der Waals surface area contributed by atoms with E-state index < -0.39 is 70.5 Å². The third-order valence-corrected chi connectivity index (χ3v) is 20.6. The van der Waals surface area contributed by atoms with E-state index in [0.29, 0.717) is 81.8 Å². The van der Waals surface area contributed by atoms with Gasteiger partial charge in [0, 0.05) is 113 Å². The van der Waals surface area contributed by atoms with E-state index >= 15 is 0 Å². The summed E-state index contributed by atoms with van der Waals surface area (Å²) in [5.74, 6) is -7.02. The summed E-state index contributed by atoms with van der Waals surface area (Å²) in [6.45, 7) is 21.4. The number of carboxylic acid groups (broad SMARTS) is 1. The number of carboxylic acids is 1. The van der Waals surface area contributed by atoms with Crippen LogP contribution in [0.15, 0.2) is 47.8 Å². The van der Waals surface area contributed by atoms with Crippen molar-refractivity contribution in [3.63, 3.8) is 0 Å². The summed E-state index contributed by atoms with van der Waals surface area (Å²) in [4.78, 5) is 155. The molecule has 1 aromatic heterocycles. The number of anilines is 1. The number of nitrogens with zero attached hydrogens (tertiary/aromatic N) is 4. The number of aryl methyl sites for hydroxylation is 3. The van der Waals surface area contributed by atoms with E-state index in [1.807, 2.05) is 122 Å². The molecule has 3 aromatic rings. The standard InChI is InChI=1S/C73H109N7O15S2/c1-16-31-79(70(89)57(46(5)17-2)40-64(84)73(10,11)78(12)13)60(45(3)4)41-62(95-50(9)81)69-77-59(44-97-69)68(88)75-55(36-49(8)72(91)92)38-53-25-22-51(23-26-53)21-24-52-27-28-58(47(6)35-52)76-67(87)54(20-18-19-30-74-65(85)43-94-34-33-93-14)39-61(83)48(7)37-56(82)29-32-80-66(86)42-63(96-15)71(80)90/h22-23,25-28,35,44-46,48-49,54-55,57,60,62-63H,16-21,24,29-34,36-43H2,1-15H3,(H,74,85)(H,75,88)(H,76,87)(H,91,92)/t46?,48?,49?,54?,55-,57+,60-,62-,63?/m1/s1. The Morgan fingerprint density at radius 2 is 1.55 bits per heavy atom. The summed E-state index contributed by atoms with van der Waals surface area (Å²) in [6.07, 6.45) is 5.46. The maximum absolute atomic E-state index is 14.8. The summed E-state index contributed by atoms with van der Waals surface area (Å²) in [5.41, 5.74) is 3.60. The van der Waals surface area contributed by atoms with Crippen LogP contribution in [0.1, 0.15) is 190 Å². The van der Waals surface area contributed by atoms with Gasteiger partial charge in [0.15, 0.2) is 11.9 Å². The first-order valence-electron chi connectivity index (χ1n) is 34.3. The Balaban J connectivity index is 1.44. The lowest BCUT2D eigenvalue weighted by Crippen LogP contribution is -2.51. The molecule has 5 unspecified atom stereocenters. The molecule has 2 heterocycles. The van der Waals surface area contributed by atoms with E-state index in [1.54, 1.807) is 25.5 Å². The largest absolute Gasteiger partial charge is 0.481 e. The molecule has 4 N–H and O–H groups in total. The smallest absolute Gasteiger partial charge is 0.306 e. The van der Waals surface area contributed by atoms with Crippen molar-refractivity contribution in [2.24, 2.45) is 35.5 Å². The molecule has 1 saturated heterocycles. The number of ketones is 3. The third kappa shape index (κ3) is 26.5. The van der Waals surface area contributed by atoms with E-state index in [9.17, 15) is 57.8 Å². The van der Waals surface area contributed by atoms with Gasteiger partial charge in [0.05, 0.1) is 29.9 Å². The van der Waals surface area contributed by atoms with Crippen LogP contribution in [0, 0.1) is 42.4 Å². The fourth-order valence-corrected chi connectivity index (χ4v) is 13.2. The van der Waals surface area contributed by atoms with Crippen molar-refractivity contribution in [3.05, 3.63) is 80.8 Å². The Kier molecular flexibility index (Phi) is 34.9. The molecule has 0 bridgehead atoms. The normalized spacial score (nSPS) is 15.8. The number of methoxy groups -OCH3 is 1. The van der Waals surface area contributed by atoms with Gasteiger partial charge < -0.3 is 40.2 Å². The molecule has 1 fully saturated rings. The number of unbranched alkanes of at least 4 members (excludes halogenated alkanes) is 1. The van der Waals surface area contributed by atoms with Crippen LogP contribution in [0.3, 0.4) is 0 Å². The van der Waals surface area contributed by atoms with Crippen molar-refractivity contribution in [2.75, 3.05) is 72.2 Å². The minimum Gasteiger partial charge on any atom is -0.481 e. The van der Waals surface area contributed by atoms with Crippen LogP contribution in [-0.2, 0) is 81.4 Å². The SMILES string of the molecule is CCCN(C(=O)[C@@H](CC(=O)C(C)(C)N(C)C)C(C)CC)[C@H](C[C@@H](OC(C)=O)c1nc(C(=O)N[C@@H](Cc2ccc(CCc3ccc(NC(=O)C(CCCCNC(=O)COCCOC)CC(=O)C(C)CC(=O)CCN4C(=O)CC(SC)C4=O)c(C)c3)cc2)CC(C)C(=O)O)cs1)C(C)C. The van der Waals surface area contributed by atoms with Gasteiger partial charge in [-0.2, -0.15) is 11.8 Å². The lowest BCUT2D eigenvalue weighted by atomic mass is 9.81. The van der Waals surface area contributed by atoms with E-state index in [0.717, 1.165) is 38.5 Å². The lowest BCUT2D eigenvalue weighted by molar-refractivity contribution is -0.150. The number of carbonyl (C=O) groups is 11. The van der Waals surface area contributed by atoms with Crippen LogP contribution in [0.25, 0.3) is 0 Å². The second-order valence-electron chi connectivity index (χ2n) is 27.1. The van der Waals surface area contributed by atoms with Crippen molar-refractivity contribution in [1.82, 2.24) is 30.3 Å². The number of aromatic nitrogens is 1. The molecule has 9 atom stereocenters. The van der Waals surface area contributed by atoms with Gasteiger partial charge in [-0.05, 0) is 126 Å². The molecule has 0 radical (unpaired) electrons. The molecule has 538 valence electrons. The number of hydrogen-bond acceptors (Lipinski definition) is 18. The van der Waals surface area contributed by atoms with Gasteiger partial charge in [0.1, 0.15) is 28.9 Å². The first-order chi connectivity index (χ1) is 45.8. The molecule has 0 spiro atoms. The number of rotatable bonds is 46. The molecule has 1 aliphatic heterocycles. The highest BCUT2D eigenvalue weighted by molar-refractivity contribution is 8.00. The minimum absolute atomic E-state index is 0.0290. The molecule has 24 heteroatoms. The number of thioether (sulfide) groups is 1. The quantitative estimate of drug-likeness (QED) is 0.0232. The highest BCUT2D eigenvalue weighted by Crippen LogP contribution is 2.35. The van der Waals surface area contributed by atoms with Crippen molar-refractivity contribution < 1.29 is 72.1 Å². The molecule has 6 amide bonds. The van der Waals surface area contributed by atoms with Gasteiger partial charge in [0.2, 0.25) is 29.5 Å². The number of Topliss-reactive ketones (excluding diaryl/α,β-unsaturated/α-hetero) is 3. The Morgan fingerprint density at radius 3 is 2.14 bits per heavy atom. The highest BCUT2D eigenvalue weighted by atomic mass is 32.2. The van der Waals surface area contributed by atoms with Crippen LogP contribution in [0.5, 0.6) is 0 Å². The third-order valence-electron chi connectivity index (χ3n) is 18.7. The average molecular weight is 1390 g/mol. The average Bonchev–Trinajstić information content (AvgIpc) is 1.54. The summed E-state index contributed by atoms with van der Waals surface area (Å²) in [7, 11) is 5.24. The Morgan fingerprint density at radius 1 is 0.876 bits per heavy atom. The molecular weight excluding hydrogens is 1280 g/mol. The highest BCUT2D eigenvalue weighted by Gasteiger charge is 2.41. The van der Waals surface area contributed by atoms with E-state index in [2.05, 4.69) is 16.0 Å². The monoisotopic (exact) mass is 1390 g/mol. The van der Waals surface area contributed by atoms with Crippen molar-refractivity contribution >= 4 is 93.5 Å². The number of imide groups is 1. The number of carbonyl (C=O) groups excluding carboxylic acids is 10. The number of benzene rings is 2. The molecule has 1 aliphatic rings. The number of esters is 1. The number of ether oxygens (including phenoxy) is 3. The first-order valence-corrected chi connectivity index (χ1v) is 36.4. The van der Waals surface area contributed by atoms with Crippen molar-refractivity contribution in [1.29, 1.82) is 0 Å². The molecule has 4 rings (SSSR count). The Labute approximate surface area is 583 Å². The van der Waals surface area contributed by atoms with Gasteiger partial charge in [0.25, 0.3) is 5.91 Å². The zero-order chi connectivity index (χ0) is 72.3. The van der Waals surface area contributed by atoms with Crippen LogP contribution >= 0.6 is 23.1 Å². The van der Waals surface area contributed by atoms with Crippen LogP contribution in [0.2, 0.25) is 0 Å². The number of thiazole rings is 1. The van der Waals surface area contributed by atoms with Gasteiger partial charge in [-0.15, -0.1) is 11.3 Å². The maximum Gasteiger partial charge on any atom is 0.306 e. The fourth-order valence-electron chi connectivity index (χ4n) is 11.7. The molecule has 0 aliphatic carbocycles. The zero-order valence-corrected chi connectivity index (χ0v) is 61.6. The number of nitrogens with one attached hydrogen (secondary N) is 3. The Bertz CT molecular complexity index is 3130. The minimum atomic E-state index is -1.01. The Hall–Kier alpha value is -6.73. The second kappa shape index (κ2) is 41.0. The van der Waals surface area contributed by atoms with Crippen LogP contribution in [-0.4, -0.2) is 179 Å². The predicted molar refractivity (Wildman–Crippen MR) is 377 cm³/mol. The summed E-state index contributed by atoms with van der Waals surface area (Å²) in [6, 6.07) is 12.7. The van der Waals surface area contributed by atoms with Gasteiger partial charge in [-0.1, -0.05) is 97.7 Å². The van der Waals surface area contributed by atoms with Crippen LogP contribution in [0.4, 0.5) is 5.69 Å². The molecule has 0 saturated carbocycles. The lowest BCUT2D eigenvalue weighted by Gasteiger charge is -2.40.